The molecule has 21 heavy (non-hydrogen) atoms. The average Bonchev–Trinajstić information content (AvgIpc) is 2.24. The third kappa shape index (κ3) is 8.48. The Hall–Kier alpha value is -1.39. The van der Waals surface area contributed by atoms with E-state index in [9.17, 15) is 9.90 Å². The monoisotopic (exact) mass is 292 g/mol. The predicted octanol–water partition coefficient (Wildman–Crippen LogP) is 2.17. The summed E-state index contributed by atoms with van der Waals surface area (Å²) in [6, 6.07) is 9.98. The SMILES string of the molecule is CC(C)(O)CN(CC(=O)NC(C)(C)C)Cc1ccccc1. The third-order valence-corrected chi connectivity index (χ3v) is 2.74. The molecule has 0 bridgehead atoms. The van der Waals surface area contributed by atoms with E-state index in [-0.39, 0.29) is 18.0 Å². The van der Waals surface area contributed by atoms with E-state index in [1.807, 2.05) is 56.0 Å². The van der Waals surface area contributed by atoms with Crippen LogP contribution in [0.25, 0.3) is 0 Å². The molecular formula is C17H28N2O2. The molecule has 0 heterocycles. The van der Waals surface area contributed by atoms with E-state index in [4.69, 9.17) is 0 Å². The fourth-order valence-corrected chi connectivity index (χ4v) is 2.22. The number of hydrogen-bond acceptors (Lipinski definition) is 3. The first-order chi connectivity index (χ1) is 9.55. The Kier molecular flexibility index (Phi) is 5.93. The van der Waals surface area contributed by atoms with Gasteiger partial charge in [-0.25, -0.2) is 0 Å². The molecule has 4 heteroatoms. The zero-order chi connectivity index (χ0) is 16.1. The Morgan fingerprint density at radius 3 is 2.19 bits per heavy atom. The number of carbonyl (C=O) groups excluding carboxylic acids is 1. The maximum atomic E-state index is 12.1. The number of nitrogens with zero attached hydrogens (tertiary/aromatic N) is 1. The smallest absolute Gasteiger partial charge is 0.234 e. The van der Waals surface area contributed by atoms with E-state index in [2.05, 4.69) is 5.32 Å². The molecular weight excluding hydrogens is 264 g/mol. The standard InChI is InChI=1S/C17H28N2O2/c1-16(2,3)18-15(20)12-19(13-17(4,5)21)11-14-9-7-6-8-10-14/h6-10,21H,11-13H2,1-5H3,(H,18,20). The van der Waals surface area contributed by atoms with Gasteiger partial charge in [-0.15, -0.1) is 0 Å². The summed E-state index contributed by atoms with van der Waals surface area (Å²) in [7, 11) is 0. The van der Waals surface area contributed by atoms with Crippen LogP contribution >= 0.6 is 0 Å². The zero-order valence-electron chi connectivity index (χ0n) is 13.8. The summed E-state index contributed by atoms with van der Waals surface area (Å²) < 4.78 is 0. The number of rotatable bonds is 6. The summed E-state index contributed by atoms with van der Waals surface area (Å²) >= 11 is 0. The average molecular weight is 292 g/mol. The van der Waals surface area contributed by atoms with Crippen molar-refractivity contribution in [1.82, 2.24) is 10.2 Å². The van der Waals surface area contributed by atoms with Crippen molar-refractivity contribution in [3.05, 3.63) is 35.9 Å². The third-order valence-electron chi connectivity index (χ3n) is 2.74. The molecule has 2 N–H and O–H groups in total. The summed E-state index contributed by atoms with van der Waals surface area (Å²) in [5, 5.41) is 13.0. The van der Waals surface area contributed by atoms with E-state index in [0.29, 0.717) is 13.1 Å². The van der Waals surface area contributed by atoms with E-state index < -0.39 is 5.60 Å². The summed E-state index contributed by atoms with van der Waals surface area (Å²) in [5.41, 5.74) is 0.0476. The van der Waals surface area contributed by atoms with E-state index in [1.165, 1.54) is 0 Å². The largest absolute Gasteiger partial charge is 0.389 e. The van der Waals surface area contributed by atoms with Crippen LogP contribution in [0.3, 0.4) is 0 Å². The normalized spacial score (nSPS) is 12.5. The lowest BCUT2D eigenvalue weighted by molar-refractivity contribution is -0.124. The number of aliphatic hydroxyl groups is 1. The minimum Gasteiger partial charge on any atom is -0.389 e. The van der Waals surface area contributed by atoms with Gasteiger partial charge in [0.25, 0.3) is 0 Å². The van der Waals surface area contributed by atoms with Crippen LogP contribution in [-0.2, 0) is 11.3 Å². The maximum Gasteiger partial charge on any atom is 0.234 e. The maximum absolute atomic E-state index is 12.1. The van der Waals surface area contributed by atoms with Crippen molar-refractivity contribution in [3.63, 3.8) is 0 Å². The van der Waals surface area contributed by atoms with Crippen LogP contribution in [0, 0.1) is 0 Å². The molecule has 118 valence electrons. The van der Waals surface area contributed by atoms with E-state index in [1.54, 1.807) is 13.8 Å². The first-order valence-electron chi connectivity index (χ1n) is 7.35. The number of benzene rings is 1. The predicted molar refractivity (Wildman–Crippen MR) is 85.9 cm³/mol. The van der Waals surface area contributed by atoms with Crippen molar-refractivity contribution in [2.75, 3.05) is 13.1 Å². The van der Waals surface area contributed by atoms with Gasteiger partial charge in [0.05, 0.1) is 12.1 Å². The summed E-state index contributed by atoms with van der Waals surface area (Å²) in [4.78, 5) is 14.1. The molecule has 4 nitrogen and oxygen atoms in total. The molecule has 0 aliphatic carbocycles. The molecule has 0 aliphatic rings. The second-order valence-corrected chi connectivity index (χ2v) is 7.24. The number of amides is 1. The number of nitrogens with one attached hydrogen (secondary N) is 1. The van der Waals surface area contributed by atoms with Gasteiger partial charge in [0.15, 0.2) is 0 Å². The van der Waals surface area contributed by atoms with Crippen LogP contribution in [0.5, 0.6) is 0 Å². The Morgan fingerprint density at radius 2 is 1.71 bits per heavy atom. The van der Waals surface area contributed by atoms with E-state index in [0.717, 1.165) is 5.56 Å². The van der Waals surface area contributed by atoms with Gasteiger partial charge in [-0.05, 0) is 40.2 Å². The van der Waals surface area contributed by atoms with Gasteiger partial charge < -0.3 is 10.4 Å². The molecule has 1 amide bonds. The van der Waals surface area contributed by atoms with Gasteiger partial charge in [-0.2, -0.15) is 0 Å². The highest BCUT2D eigenvalue weighted by Crippen LogP contribution is 2.10. The highest BCUT2D eigenvalue weighted by Gasteiger charge is 2.22. The van der Waals surface area contributed by atoms with Gasteiger partial charge >= 0.3 is 0 Å². The minimum atomic E-state index is -0.837. The molecule has 0 atom stereocenters. The van der Waals surface area contributed by atoms with Crippen LogP contribution in [0.15, 0.2) is 30.3 Å². The molecule has 0 aliphatic heterocycles. The molecule has 0 aromatic heterocycles. The lowest BCUT2D eigenvalue weighted by Gasteiger charge is -2.30. The van der Waals surface area contributed by atoms with Crippen molar-refractivity contribution >= 4 is 5.91 Å². The van der Waals surface area contributed by atoms with E-state index >= 15 is 0 Å². The van der Waals surface area contributed by atoms with Gasteiger partial charge in [-0.1, -0.05) is 30.3 Å². The summed E-state index contributed by atoms with van der Waals surface area (Å²) in [5.74, 6) is -0.0253. The Balaban J connectivity index is 2.71. The van der Waals surface area contributed by atoms with Crippen molar-refractivity contribution in [2.24, 2.45) is 0 Å². The topological polar surface area (TPSA) is 52.6 Å². The van der Waals surface area contributed by atoms with Gasteiger partial charge in [0.2, 0.25) is 5.91 Å². The lowest BCUT2D eigenvalue weighted by Crippen LogP contribution is -2.48. The fourth-order valence-electron chi connectivity index (χ4n) is 2.22. The first kappa shape index (κ1) is 17.7. The van der Waals surface area contributed by atoms with Crippen LogP contribution in [0.1, 0.15) is 40.2 Å². The van der Waals surface area contributed by atoms with Crippen molar-refractivity contribution < 1.29 is 9.90 Å². The van der Waals surface area contributed by atoms with Crippen molar-refractivity contribution in [3.8, 4) is 0 Å². The quantitative estimate of drug-likeness (QED) is 0.845. The Bertz CT molecular complexity index is 444. The highest BCUT2D eigenvalue weighted by molar-refractivity contribution is 5.78. The van der Waals surface area contributed by atoms with Crippen LogP contribution in [0.4, 0.5) is 0 Å². The first-order valence-corrected chi connectivity index (χ1v) is 7.35. The molecule has 1 rings (SSSR count). The number of hydrogen-bond donors (Lipinski definition) is 2. The summed E-state index contributed by atoms with van der Waals surface area (Å²) in [6.45, 7) is 10.8. The van der Waals surface area contributed by atoms with Crippen molar-refractivity contribution in [1.29, 1.82) is 0 Å². The molecule has 1 aromatic rings. The highest BCUT2D eigenvalue weighted by atomic mass is 16.3. The van der Waals surface area contributed by atoms with Gasteiger partial charge in [-0.3, -0.25) is 9.69 Å². The van der Waals surface area contributed by atoms with Gasteiger partial charge in [0, 0.05) is 18.6 Å². The van der Waals surface area contributed by atoms with Crippen LogP contribution < -0.4 is 5.32 Å². The molecule has 0 radical (unpaired) electrons. The fraction of sp³-hybridized carbons (Fsp3) is 0.588. The second kappa shape index (κ2) is 7.05. The Labute approximate surface area is 128 Å². The zero-order valence-corrected chi connectivity index (χ0v) is 13.8. The van der Waals surface area contributed by atoms with Crippen LogP contribution in [-0.4, -0.2) is 40.1 Å². The minimum absolute atomic E-state index is 0.0253. The molecule has 0 saturated heterocycles. The lowest BCUT2D eigenvalue weighted by atomic mass is 10.1. The summed E-state index contributed by atoms with van der Waals surface area (Å²) in [6.07, 6.45) is 0. The van der Waals surface area contributed by atoms with Crippen molar-refractivity contribution in [2.45, 2.75) is 52.3 Å². The second-order valence-electron chi connectivity index (χ2n) is 7.24. The van der Waals surface area contributed by atoms with Crippen LogP contribution in [0.2, 0.25) is 0 Å². The van der Waals surface area contributed by atoms with Gasteiger partial charge in [0.1, 0.15) is 0 Å². The molecule has 0 spiro atoms. The molecule has 1 aromatic carbocycles. The molecule has 0 saturated carbocycles. The number of carbonyl (C=O) groups is 1. The molecule has 0 unspecified atom stereocenters. The molecule has 0 fully saturated rings. The Morgan fingerprint density at radius 1 is 1.14 bits per heavy atom.